The fourth-order valence-electron chi connectivity index (χ4n) is 2.23. The molecular weight excluding hydrogens is 210 g/mol. The molecule has 94 valence electrons. The SMILES string of the molecule is Cc1cccc(NCCN2CCNCC2)c1C. The van der Waals surface area contributed by atoms with Crippen LogP contribution in [-0.4, -0.2) is 44.2 Å². The summed E-state index contributed by atoms with van der Waals surface area (Å²) in [4.78, 5) is 2.51. The highest BCUT2D eigenvalue weighted by molar-refractivity contribution is 5.53. The van der Waals surface area contributed by atoms with Gasteiger partial charge in [0.1, 0.15) is 0 Å². The average molecular weight is 233 g/mol. The van der Waals surface area contributed by atoms with Gasteiger partial charge in [0.25, 0.3) is 0 Å². The number of hydrogen-bond donors (Lipinski definition) is 2. The summed E-state index contributed by atoms with van der Waals surface area (Å²) in [6.07, 6.45) is 0. The van der Waals surface area contributed by atoms with Crippen LogP contribution < -0.4 is 10.6 Å². The summed E-state index contributed by atoms with van der Waals surface area (Å²) in [6.45, 7) is 11.1. The van der Waals surface area contributed by atoms with Crippen LogP contribution in [0.5, 0.6) is 0 Å². The molecule has 0 saturated carbocycles. The van der Waals surface area contributed by atoms with Gasteiger partial charge in [-0.1, -0.05) is 12.1 Å². The molecule has 17 heavy (non-hydrogen) atoms. The average Bonchev–Trinajstić information content (AvgIpc) is 2.36. The summed E-state index contributed by atoms with van der Waals surface area (Å²) in [7, 11) is 0. The van der Waals surface area contributed by atoms with Crippen LogP contribution in [0.15, 0.2) is 18.2 Å². The largest absolute Gasteiger partial charge is 0.384 e. The first kappa shape index (κ1) is 12.4. The van der Waals surface area contributed by atoms with Crippen molar-refractivity contribution in [2.75, 3.05) is 44.6 Å². The van der Waals surface area contributed by atoms with Crippen LogP contribution >= 0.6 is 0 Å². The van der Waals surface area contributed by atoms with Gasteiger partial charge >= 0.3 is 0 Å². The molecule has 0 unspecified atom stereocenters. The molecule has 3 nitrogen and oxygen atoms in total. The van der Waals surface area contributed by atoms with E-state index in [1.54, 1.807) is 0 Å². The van der Waals surface area contributed by atoms with Gasteiger partial charge in [0.15, 0.2) is 0 Å². The Hall–Kier alpha value is -1.06. The van der Waals surface area contributed by atoms with Crippen molar-refractivity contribution in [1.29, 1.82) is 0 Å². The number of aryl methyl sites for hydroxylation is 1. The summed E-state index contributed by atoms with van der Waals surface area (Å²) in [6, 6.07) is 6.45. The van der Waals surface area contributed by atoms with Gasteiger partial charge in [0.2, 0.25) is 0 Å². The van der Waals surface area contributed by atoms with Crippen LogP contribution in [0.2, 0.25) is 0 Å². The summed E-state index contributed by atoms with van der Waals surface area (Å²) >= 11 is 0. The molecule has 2 rings (SSSR count). The molecule has 0 amide bonds. The van der Waals surface area contributed by atoms with Crippen LogP contribution in [-0.2, 0) is 0 Å². The fraction of sp³-hybridized carbons (Fsp3) is 0.571. The van der Waals surface area contributed by atoms with E-state index in [4.69, 9.17) is 0 Å². The normalized spacial score (nSPS) is 17.1. The second-order valence-corrected chi connectivity index (χ2v) is 4.77. The van der Waals surface area contributed by atoms with Gasteiger partial charge in [-0.25, -0.2) is 0 Å². The Kier molecular flexibility index (Phi) is 4.40. The molecule has 0 radical (unpaired) electrons. The molecule has 0 spiro atoms. The van der Waals surface area contributed by atoms with E-state index in [1.165, 1.54) is 29.9 Å². The number of nitrogens with one attached hydrogen (secondary N) is 2. The van der Waals surface area contributed by atoms with Gasteiger partial charge in [0, 0.05) is 45.0 Å². The Morgan fingerprint density at radius 2 is 2.00 bits per heavy atom. The highest BCUT2D eigenvalue weighted by atomic mass is 15.2. The highest BCUT2D eigenvalue weighted by Gasteiger charge is 2.08. The number of nitrogens with zero attached hydrogens (tertiary/aromatic N) is 1. The topological polar surface area (TPSA) is 27.3 Å². The van der Waals surface area contributed by atoms with Crippen molar-refractivity contribution >= 4 is 5.69 Å². The minimum Gasteiger partial charge on any atom is -0.384 e. The summed E-state index contributed by atoms with van der Waals surface area (Å²) in [5.41, 5.74) is 4.00. The van der Waals surface area contributed by atoms with Crippen molar-refractivity contribution in [3.8, 4) is 0 Å². The lowest BCUT2D eigenvalue weighted by Crippen LogP contribution is -2.45. The number of piperazine rings is 1. The number of hydrogen-bond acceptors (Lipinski definition) is 3. The quantitative estimate of drug-likeness (QED) is 0.827. The molecule has 1 aliphatic rings. The molecule has 1 aliphatic heterocycles. The molecule has 1 heterocycles. The van der Waals surface area contributed by atoms with Gasteiger partial charge in [-0.05, 0) is 31.0 Å². The third kappa shape index (κ3) is 3.45. The molecule has 0 bridgehead atoms. The van der Waals surface area contributed by atoms with Gasteiger partial charge in [-0.15, -0.1) is 0 Å². The van der Waals surface area contributed by atoms with E-state index in [-0.39, 0.29) is 0 Å². The van der Waals surface area contributed by atoms with Crippen molar-refractivity contribution in [2.24, 2.45) is 0 Å². The zero-order valence-corrected chi connectivity index (χ0v) is 10.9. The van der Waals surface area contributed by atoms with Crippen LogP contribution in [0.4, 0.5) is 5.69 Å². The van der Waals surface area contributed by atoms with Gasteiger partial charge in [-0.3, -0.25) is 4.90 Å². The van der Waals surface area contributed by atoms with Gasteiger partial charge in [-0.2, -0.15) is 0 Å². The number of anilines is 1. The molecule has 2 N–H and O–H groups in total. The maximum absolute atomic E-state index is 3.54. The van der Waals surface area contributed by atoms with Crippen molar-refractivity contribution in [2.45, 2.75) is 13.8 Å². The fourth-order valence-corrected chi connectivity index (χ4v) is 2.23. The van der Waals surface area contributed by atoms with Crippen molar-refractivity contribution in [1.82, 2.24) is 10.2 Å². The molecule has 0 aromatic heterocycles. The molecule has 1 fully saturated rings. The zero-order chi connectivity index (χ0) is 12.1. The predicted octanol–water partition coefficient (Wildman–Crippen LogP) is 1.62. The smallest absolute Gasteiger partial charge is 0.0372 e. The first-order valence-corrected chi connectivity index (χ1v) is 6.50. The first-order chi connectivity index (χ1) is 8.27. The highest BCUT2D eigenvalue weighted by Crippen LogP contribution is 2.17. The maximum Gasteiger partial charge on any atom is 0.0372 e. The minimum absolute atomic E-state index is 1.03. The van der Waals surface area contributed by atoms with E-state index < -0.39 is 0 Å². The summed E-state index contributed by atoms with van der Waals surface area (Å²) in [5, 5.41) is 6.92. The van der Waals surface area contributed by atoms with Crippen molar-refractivity contribution < 1.29 is 0 Å². The van der Waals surface area contributed by atoms with Crippen LogP contribution in [0, 0.1) is 13.8 Å². The van der Waals surface area contributed by atoms with Crippen molar-refractivity contribution in [3.05, 3.63) is 29.3 Å². The van der Waals surface area contributed by atoms with E-state index >= 15 is 0 Å². The first-order valence-electron chi connectivity index (χ1n) is 6.50. The van der Waals surface area contributed by atoms with Gasteiger partial charge < -0.3 is 10.6 Å². The van der Waals surface area contributed by atoms with E-state index in [2.05, 4.69) is 47.6 Å². The summed E-state index contributed by atoms with van der Waals surface area (Å²) in [5.74, 6) is 0. The molecular formula is C14H23N3. The monoisotopic (exact) mass is 233 g/mol. The van der Waals surface area contributed by atoms with Crippen LogP contribution in [0.1, 0.15) is 11.1 Å². The third-order valence-electron chi connectivity index (χ3n) is 3.56. The zero-order valence-electron chi connectivity index (χ0n) is 10.9. The molecule has 0 aliphatic carbocycles. The van der Waals surface area contributed by atoms with Crippen LogP contribution in [0.25, 0.3) is 0 Å². The molecule has 0 atom stereocenters. The Morgan fingerprint density at radius 1 is 1.24 bits per heavy atom. The Balaban J connectivity index is 1.79. The third-order valence-corrected chi connectivity index (χ3v) is 3.56. The number of rotatable bonds is 4. The van der Waals surface area contributed by atoms with E-state index in [0.717, 1.165) is 26.2 Å². The lowest BCUT2D eigenvalue weighted by Gasteiger charge is -2.27. The number of benzene rings is 1. The van der Waals surface area contributed by atoms with E-state index in [9.17, 15) is 0 Å². The van der Waals surface area contributed by atoms with Crippen molar-refractivity contribution in [3.63, 3.8) is 0 Å². The molecule has 1 aromatic carbocycles. The van der Waals surface area contributed by atoms with E-state index in [0.29, 0.717) is 0 Å². The second kappa shape index (κ2) is 6.03. The lowest BCUT2D eigenvalue weighted by atomic mass is 10.1. The Bertz CT molecular complexity index is 356. The lowest BCUT2D eigenvalue weighted by molar-refractivity contribution is 0.249. The standard InChI is InChI=1S/C14H23N3/c1-12-4-3-5-14(13(12)2)16-8-11-17-9-6-15-7-10-17/h3-5,15-16H,6-11H2,1-2H3. The minimum atomic E-state index is 1.03. The Labute approximate surface area is 104 Å². The molecule has 1 aromatic rings. The summed E-state index contributed by atoms with van der Waals surface area (Å²) < 4.78 is 0. The van der Waals surface area contributed by atoms with Gasteiger partial charge in [0.05, 0.1) is 0 Å². The maximum atomic E-state index is 3.54. The second-order valence-electron chi connectivity index (χ2n) is 4.77. The predicted molar refractivity (Wildman–Crippen MR) is 73.7 cm³/mol. The van der Waals surface area contributed by atoms with Crippen LogP contribution in [0.3, 0.4) is 0 Å². The van der Waals surface area contributed by atoms with E-state index in [1.807, 2.05) is 0 Å². The Morgan fingerprint density at radius 3 is 2.76 bits per heavy atom. The molecule has 3 heteroatoms. The molecule has 1 saturated heterocycles.